The van der Waals surface area contributed by atoms with Crippen LogP contribution in [0, 0.1) is 6.92 Å². The van der Waals surface area contributed by atoms with Crippen LogP contribution in [0.1, 0.15) is 4.88 Å². The first-order chi connectivity index (χ1) is 10.2. The maximum atomic E-state index is 6.01. The molecule has 1 N–H and O–H groups in total. The predicted octanol–water partition coefficient (Wildman–Crippen LogP) is 5.01. The molecular weight excluding hydrogens is 324 g/mol. The van der Waals surface area contributed by atoms with Gasteiger partial charge in [0.1, 0.15) is 10.6 Å². The highest BCUT2D eigenvalue weighted by Gasteiger charge is 2.10. The summed E-state index contributed by atoms with van der Waals surface area (Å²) in [5, 5.41) is 4.58. The Balaban J connectivity index is 1.82. The van der Waals surface area contributed by atoms with Gasteiger partial charge in [0.2, 0.25) is 5.28 Å². The molecule has 3 heterocycles. The fourth-order valence-electron chi connectivity index (χ4n) is 2.18. The van der Waals surface area contributed by atoms with Crippen LogP contribution in [0.3, 0.4) is 0 Å². The number of nitrogens with one attached hydrogen (secondary N) is 1. The third kappa shape index (κ3) is 2.35. The van der Waals surface area contributed by atoms with Crippen molar-refractivity contribution in [1.29, 1.82) is 0 Å². The lowest BCUT2D eigenvalue weighted by Crippen LogP contribution is -1.95. The minimum absolute atomic E-state index is 0.255. The number of thiophene rings is 1. The molecule has 0 fully saturated rings. The van der Waals surface area contributed by atoms with Gasteiger partial charge in [0.25, 0.3) is 0 Å². The van der Waals surface area contributed by atoms with Crippen LogP contribution in [0.4, 0.5) is 11.5 Å². The Hall–Kier alpha value is -1.76. The van der Waals surface area contributed by atoms with Crippen molar-refractivity contribution in [2.24, 2.45) is 0 Å². The fraction of sp³-hybridized carbons (Fsp3) is 0.0714. The van der Waals surface area contributed by atoms with Crippen molar-refractivity contribution >= 4 is 66.2 Å². The lowest BCUT2D eigenvalue weighted by molar-refractivity contribution is 1.23. The molecule has 4 aromatic rings. The van der Waals surface area contributed by atoms with E-state index in [1.807, 2.05) is 24.6 Å². The zero-order valence-corrected chi connectivity index (χ0v) is 13.3. The minimum Gasteiger partial charge on any atom is -0.339 e. The van der Waals surface area contributed by atoms with Gasteiger partial charge in [0.15, 0.2) is 0 Å². The topological polar surface area (TPSA) is 50.7 Å². The molecule has 0 aliphatic heterocycles. The summed E-state index contributed by atoms with van der Waals surface area (Å²) in [5.41, 5.74) is 3.81. The molecule has 0 aliphatic rings. The van der Waals surface area contributed by atoms with Crippen molar-refractivity contribution in [2.75, 3.05) is 5.32 Å². The Bertz CT molecular complexity index is 960. The molecule has 0 amide bonds. The maximum absolute atomic E-state index is 6.01. The fourth-order valence-corrected chi connectivity index (χ4v) is 4.00. The van der Waals surface area contributed by atoms with E-state index in [9.17, 15) is 0 Å². The van der Waals surface area contributed by atoms with E-state index in [-0.39, 0.29) is 5.28 Å². The third-order valence-electron chi connectivity index (χ3n) is 3.08. The SMILES string of the molecule is Cc1cc2c(Nc3ccc4ncsc4c3)nc(Cl)nc2s1. The number of anilines is 2. The summed E-state index contributed by atoms with van der Waals surface area (Å²) >= 11 is 9.24. The van der Waals surface area contributed by atoms with E-state index in [2.05, 4.69) is 32.4 Å². The summed E-state index contributed by atoms with van der Waals surface area (Å²) in [5.74, 6) is 0.734. The van der Waals surface area contributed by atoms with Gasteiger partial charge in [-0.15, -0.1) is 22.7 Å². The molecule has 0 atom stereocenters. The second-order valence-corrected chi connectivity index (χ2v) is 7.04. The molecule has 4 nitrogen and oxygen atoms in total. The predicted molar refractivity (Wildman–Crippen MR) is 90.1 cm³/mol. The minimum atomic E-state index is 0.255. The number of hydrogen-bond donors (Lipinski definition) is 1. The van der Waals surface area contributed by atoms with Crippen molar-refractivity contribution in [2.45, 2.75) is 6.92 Å². The molecule has 21 heavy (non-hydrogen) atoms. The van der Waals surface area contributed by atoms with E-state index in [1.165, 1.54) is 4.88 Å². The van der Waals surface area contributed by atoms with Crippen molar-refractivity contribution < 1.29 is 0 Å². The Morgan fingerprint density at radius 1 is 1.19 bits per heavy atom. The number of hydrogen-bond acceptors (Lipinski definition) is 6. The van der Waals surface area contributed by atoms with E-state index >= 15 is 0 Å². The van der Waals surface area contributed by atoms with Gasteiger partial charge < -0.3 is 5.32 Å². The Morgan fingerprint density at radius 3 is 3.00 bits per heavy atom. The van der Waals surface area contributed by atoms with E-state index < -0.39 is 0 Å². The highest BCUT2D eigenvalue weighted by molar-refractivity contribution is 7.18. The first-order valence-electron chi connectivity index (χ1n) is 6.23. The summed E-state index contributed by atoms with van der Waals surface area (Å²) in [6.45, 7) is 2.05. The van der Waals surface area contributed by atoms with Crippen LogP contribution in [0.2, 0.25) is 5.28 Å². The van der Waals surface area contributed by atoms with Crippen LogP contribution < -0.4 is 5.32 Å². The number of thiazole rings is 1. The molecule has 0 radical (unpaired) electrons. The standard InChI is InChI=1S/C14H9ClN4S2/c1-7-4-9-12(18-14(15)19-13(9)21-7)17-8-2-3-10-11(5-8)20-6-16-10/h2-6H,1H3,(H,17,18,19). The molecular formula is C14H9ClN4S2. The molecule has 104 valence electrons. The number of halogens is 1. The van der Waals surface area contributed by atoms with Crippen LogP contribution in [-0.2, 0) is 0 Å². The van der Waals surface area contributed by atoms with Gasteiger partial charge in [-0.1, -0.05) is 0 Å². The van der Waals surface area contributed by atoms with Crippen LogP contribution >= 0.6 is 34.3 Å². The molecule has 0 unspecified atom stereocenters. The van der Waals surface area contributed by atoms with E-state index in [0.29, 0.717) is 0 Å². The van der Waals surface area contributed by atoms with Crippen molar-refractivity contribution in [3.8, 4) is 0 Å². The van der Waals surface area contributed by atoms with Gasteiger partial charge in [-0.2, -0.15) is 4.98 Å². The molecule has 4 rings (SSSR count). The number of aryl methyl sites for hydroxylation is 1. The highest BCUT2D eigenvalue weighted by Crippen LogP contribution is 2.32. The summed E-state index contributed by atoms with van der Waals surface area (Å²) in [4.78, 5) is 14.9. The van der Waals surface area contributed by atoms with E-state index in [0.717, 1.165) is 31.9 Å². The number of rotatable bonds is 2. The molecule has 0 spiro atoms. The van der Waals surface area contributed by atoms with Gasteiger partial charge in [-0.05, 0) is 42.8 Å². The van der Waals surface area contributed by atoms with Crippen molar-refractivity contribution in [3.05, 3.63) is 39.9 Å². The first kappa shape index (κ1) is 12.9. The van der Waals surface area contributed by atoms with Gasteiger partial charge in [-0.25, -0.2) is 9.97 Å². The number of benzene rings is 1. The average Bonchev–Trinajstić information content (AvgIpc) is 3.03. The first-order valence-corrected chi connectivity index (χ1v) is 8.30. The molecule has 1 aromatic carbocycles. The Kier molecular flexibility index (Phi) is 3.02. The Labute approximate surface area is 133 Å². The highest BCUT2D eigenvalue weighted by atomic mass is 35.5. The lowest BCUT2D eigenvalue weighted by atomic mass is 10.3. The number of fused-ring (bicyclic) bond motifs is 2. The van der Waals surface area contributed by atoms with E-state index in [4.69, 9.17) is 11.6 Å². The summed E-state index contributed by atoms with van der Waals surface area (Å²) < 4.78 is 1.14. The third-order valence-corrected chi connectivity index (χ3v) is 4.99. The molecule has 3 aromatic heterocycles. The zero-order valence-electron chi connectivity index (χ0n) is 10.9. The average molecular weight is 333 g/mol. The lowest BCUT2D eigenvalue weighted by Gasteiger charge is -2.07. The van der Waals surface area contributed by atoms with Gasteiger partial charge in [-0.3, -0.25) is 0 Å². The molecule has 0 saturated heterocycles. The maximum Gasteiger partial charge on any atom is 0.225 e. The summed E-state index contributed by atoms with van der Waals surface area (Å²) in [7, 11) is 0. The molecule has 7 heteroatoms. The largest absolute Gasteiger partial charge is 0.339 e. The monoisotopic (exact) mass is 332 g/mol. The van der Waals surface area contributed by atoms with Gasteiger partial charge in [0, 0.05) is 10.6 Å². The smallest absolute Gasteiger partial charge is 0.225 e. The summed E-state index contributed by atoms with van der Waals surface area (Å²) in [6, 6.07) is 8.12. The van der Waals surface area contributed by atoms with Crippen LogP contribution in [0.25, 0.3) is 20.4 Å². The van der Waals surface area contributed by atoms with Gasteiger partial charge >= 0.3 is 0 Å². The van der Waals surface area contributed by atoms with Crippen LogP contribution in [0.15, 0.2) is 29.8 Å². The zero-order chi connectivity index (χ0) is 14.4. The summed E-state index contributed by atoms with van der Waals surface area (Å²) in [6.07, 6.45) is 0. The molecule has 0 saturated carbocycles. The second kappa shape index (κ2) is 4.91. The van der Waals surface area contributed by atoms with E-state index in [1.54, 1.807) is 22.7 Å². The Morgan fingerprint density at radius 2 is 2.10 bits per heavy atom. The van der Waals surface area contributed by atoms with Crippen LogP contribution in [-0.4, -0.2) is 15.0 Å². The van der Waals surface area contributed by atoms with Crippen molar-refractivity contribution in [1.82, 2.24) is 15.0 Å². The number of aromatic nitrogens is 3. The molecule has 0 bridgehead atoms. The van der Waals surface area contributed by atoms with Gasteiger partial charge in [0.05, 0.1) is 21.1 Å². The second-order valence-electron chi connectivity index (χ2n) is 4.58. The van der Waals surface area contributed by atoms with Crippen LogP contribution in [0.5, 0.6) is 0 Å². The normalized spacial score (nSPS) is 11.3. The quantitative estimate of drug-likeness (QED) is 0.524. The number of nitrogens with zero attached hydrogens (tertiary/aromatic N) is 3. The molecule has 0 aliphatic carbocycles. The van der Waals surface area contributed by atoms with Crippen molar-refractivity contribution in [3.63, 3.8) is 0 Å².